The maximum Gasteiger partial charge on any atom is 0.123 e. The SMILES string of the molecule is [2H]C1([2H])N(C)c2cccc3c2N([C@H]2CCN(CCCCc4ccc(F)cc4)C[C@@H]32)C1([2H])[2H]. The molecule has 0 spiro atoms. The van der Waals surface area contributed by atoms with Crippen LogP contribution in [0.4, 0.5) is 15.8 Å². The van der Waals surface area contributed by atoms with Crippen LogP contribution in [0.1, 0.15) is 41.8 Å². The molecule has 148 valence electrons. The molecule has 1 fully saturated rings. The van der Waals surface area contributed by atoms with Crippen molar-refractivity contribution in [2.24, 2.45) is 0 Å². The molecule has 0 aliphatic carbocycles. The molecule has 3 heterocycles. The molecule has 0 bridgehead atoms. The number of anilines is 2. The highest BCUT2D eigenvalue weighted by Crippen LogP contribution is 2.50. The van der Waals surface area contributed by atoms with Crippen molar-refractivity contribution in [1.29, 1.82) is 0 Å². The normalized spacial score (nSPS) is 29.4. The van der Waals surface area contributed by atoms with Crippen molar-refractivity contribution in [1.82, 2.24) is 4.90 Å². The fourth-order valence-corrected chi connectivity index (χ4v) is 5.02. The van der Waals surface area contributed by atoms with Gasteiger partial charge in [0.2, 0.25) is 0 Å². The number of aryl methyl sites for hydroxylation is 1. The number of halogens is 1. The first kappa shape index (κ1) is 14.0. The van der Waals surface area contributed by atoms with Crippen LogP contribution >= 0.6 is 0 Å². The van der Waals surface area contributed by atoms with Crippen LogP contribution in [0.5, 0.6) is 0 Å². The van der Waals surface area contributed by atoms with E-state index in [4.69, 9.17) is 5.48 Å². The quantitative estimate of drug-likeness (QED) is 0.714. The second-order valence-corrected chi connectivity index (χ2v) is 8.21. The number of likely N-dealkylation sites (tertiary alicyclic amines) is 1. The Hall–Kier alpha value is -2.07. The van der Waals surface area contributed by atoms with Crippen molar-refractivity contribution in [2.45, 2.75) is 37.6 Å². The molecule has 3 aliphatic heterocycles. The van der Waals surface area contributed by atoms with E-state index >= 15 is 0 Å². The first-order valence-corrected chi connectivity index (χ1v) is 10.3. The maximum absolute atomic E-state index is 13.1. The number of benzene rings is 2. The minimum Gasteiger partial charge on any atom is -0.371 e. The highest BCUT2D eigenvalue weighted by Gasteiger charge is 2.44. The Labute approximate surface area is 173 Å². The summed E-state index contributed by atoms with van der Waals surface area (Å²) in [4.78, 5) is 5.69. The highest BCUT2D eigenvalue weighted by atomic mass is 19.1. The molecule has 3 aliphatic rings. The van der Waals surface area contributed by atoms with Crippen molar-refractivity contribution in [3.63, 3.8) is 0 Å². The number of para-hydroxylation sites is 1. The molecule has 0 radical (unpaired) electrons. The van der Waals surface area contributed by atoms with E-state index in [0.29, 0.717) is 0 Å². The molecule has 4 heteroatoms. The van der Waals surface area contributed by atoms with Crippen molar-refractivity contribution in [3.8, 4) is 0 Å². The predicted molar refractivity (Wildman–Crippen MR) is 114 cm³/mol. The van der Waals surface area contributed by atoms with E-state index < -0.39 is 13.0 Å². The summed E-state index contributed by atoms with van der Waals surface area (Å²) in [6.45, 7) is -1.44. The molecule has 1 saturated heterocycles. The summed E-state index contributed by atoms with van der Waals surface area (Å²) >= 11 is 0. The van der Waals surface area contributed by atoms with Crippen LogP contribution in [0.25, 0.3) is 0 Å². The average molecular weight is 384 g/mol. The summed E-state index contributed by atoms with van der Waals surface area (Å²) in [6, 6.07) is 12.7. The number of fused-ring (bicyclic) bond motifs is 3. The summed E-state index contributed by atoms with van der Waals surface area (Å²) in [5, 5.41) is 0. The van der Waals surface area contributed by atoms with Crippen LogP contribution in [0.2, 0.25) is 0 Å². The third-order valence-corrected chi connectivity index (χ3v) is 6.48. The third kappa shape index (κ3) is 3.18. The Bertz CT molecular complexity index is 997. The van der Waals surface area contributed by atoms with Crippen LogP contribution in [-0.2, 0) is 6.42 Å². The second kappa shape index (κ2) is 7.40. The molecule has 0 saturated carbocycles. The van der Waals surface area contributed by atoms with E-state index in [1.165, 1.54) is 17.0 Å². The summed E-state index contributed by atoms with van der Waals surface area (Å²) in [7, 11) is 1.65. The van der Waals surface area contributed by atoms with E-state index in [0.717, 1.165) is 67.8 Å². The lowest BCUT2D eigenvalue weighted by atomic mass is 9.89. The minimum atomic E-state index is -2.11. The van der Waals surface area contributed by atoms with Gasteiger partial charge in [-0.2, -0.15) is 0 Å². The summed E-state index contributed by atoms with van der Waals surface area (Å²) < 4.78 is 47.5. The Balaban J connectivity index is 1.29. The van der Waals surface area contributed by atoms with Gasteiger partial charge < -0.3 is 14.7 Å². The van der Waals surface area contributed by atoms with E-state index in [-0.39, 0.29) is 17.8 Å². The monoisotopic (exact) mass is 383 g/mol. The Morgan fingerprint density at radius 3 is 2.82 bits per heavy atom. The largest absolute Gasteiger partial charge is 0.371 e. The van der Waals surface area contributed by atoms with Gasteiger partial charge in [-0.15, -0.1) is 0 Å². The zero-order chi connectivity index (χ0) is 22.7. The topological polar surface area (TPSA) is 9.72 Å². The van der Waals surface area contributed by atoms with Gasteiger partial charge in [-0.1, -0.05) is 24.3 Å². The summed E-state index contributed by atoms with van der Waals surface area (Å²) in [5.74, 6) is -0.00792. The molecule has 0 unspecified atom stereocenters. The highest BCUT2D eigenvalue weighted by molar-refractivity contribution is 5.80. The molecular weight excluding hydrogens is 349 g/mol. The molecule has 0 N–H and O–H groups in total. The third-order valence-electron chi connectivity index (χ3n) is 6.48. The number of likely N-dealkylation sites (N-methyl/N-ethyl adjacent to an activating group) is 1. The van der Waals surface area contributed by atoms with Crippen LogP contribution in [0, 0.1) is 5.82 Å². The van der Waals surface area contributed by atoms with E-state index in [9.17, 15) is 4.39 Å². The molecule has 3 nitrogen and oxygen atoms in total. The van der Waals surface area contributed by atoms with E-state index in [1.54, 1.807) is 11.9 Å². The zero-order valence-electron chi connectivity index (χ0n) is 20.4. The van der Waals surface area contributed by atoms with Gasteiger partial charge in [0, 0.05) is 45.1 Å². The van der Waals surface area contributed by atoms with Crippen LogP contribution in [-0.4, -0.2) is 50.6 Å². The van der Waals surface area contributed by atoms with Gasteiger partial charge in [-0.25, -0.2) is 4.39 Å². The summed E-state index contributed by atoms with van der Waals surface area (Å²) in [6.07, 6.45) is 3.89. The first-order valence-electron chi connectivity index (χ1n) is 12.3. The van der Waals surface area contributed by atoms with Crippen LogP contribution in [0.3, 0.4) is 0 Å². The van der Waals surface area contributed by atoms with Gasteiger partial charge in [-0.05, 0) is 61.6 Å². The lowest BCUT2D eigenvalue weighted by Crippen LogP contribution is -2.49. The van der Waals surface area contributed by atoms with Crippen LogP contribution < -0.4 is 9.80 Å². The van der Waals surface area contributed by atoms with Gasteiger partial charge in [0.1, 0.15) is 5.82 Å². The Morgan fingerprint density at radius 1 is 1.11 bits per heavy atom. The first-order chi connectivity index (χ1) is 15.2. The fourth-order valence-electron chi connectivity index (χ4n) is 5.02. The molecular formula is C24H30FN3. The molecule has 2 atom stereocenters. The molecule has 0 amide bonds. The number of rotatable bonds is 5. The average Bonchev–Trinajstić information content (AvgIpc) is 3.11. The Morgan fingerprint density at radius 2 is 1.96 bits per heavy atom. The molecule has 2 aromatic rings. The lowest BCUT2D eigenvalue weighted by Gasteiger charge is -2.41. The van der Waals surface area contributed by atoms with Gasteiger partial charge in [0.15, 0.2) is 0 Å². The smallest absolute Gasteiger partial charge is 0.123 e. The van der Waals surface area contributed by atoms with E-state index in [2.05, 4.69) is 11.0 Å². The maximum atomic E-state index is 13.1. The van der Waals surface area contributed by atoms with Crippen molar-refractivity contribution in [3.05, 3.63) is 59.4 Å². The second-order valence-electron chi connectivity index (χ2n) is 8.21. The van der Waals surface area contributed by atoms with Crippen molar-refractivity contribution >= 4 is 11.4 Å². The van der Waals surface area contributed by atoms with E-state index in [1.807, 2.05) is 24.3 Å². The standard InChI is InChI=1S/C24H30FN3/c1-26-15-16-28-22-12-14-27(13-3-2-5-18-8-10-19(25)11-9-18)17-21(22)20-6-4-7-23(26)24(20)28/h4,6-11,21-22H,2-3,5,12-17H2,1H3/t21-,22-/m0/s1/i15D2,16D2. The van der Waals surface area contributed by atoms with Gasteiger partial charge in [0.05, 0.1) is 16.9 Å². The van der Waals surface area contributed by atoms with Crippen molar-refractivity contribution in [2.75, 3.05) is 49.5 Å². The summed E-state index contributed by atoms with van der Waals surface area (Å²) in [5.41, 5.74) is 3.97. The van der Waals surface area contributed by atoms with Gasteiger partial charge >= 0.3 is 0 Å². The predicted octanol–water partition coefficient (Wildman–Crippen LogP) is 4.28. The minimum absolute atomic E-state index is 0.0135. The molecule has 2 aromatic carbocycles. The Kier molecular flexibility index (Phi) is 3.70. The van der Waals surface area contributed by atoms with Gasteiger partial charge in [-0.3, -0.25) is 0 Å². The van der Waals surface area contributed by atoms with Crippen LogP contribution in [0.15, 0.2) is 42.5 Å². The lowest BCUT2D eigenvalue weighted by molar-refractivity contribution is 0.190. The fraction of sp³-hybridized carbons (Fsp3) is 0.500. The molecule has 5 rings (SSSR count). The van der Waals surface area contributed by atoms with Crippen molar-refractivity contribution < 1.29 is 9.87 Å². The number of hydrogen-bond acceptors (Lipinski definition) is 3. The number of unbranched alkanes of at least 4 members (excludes halogenated alkanes) is 1. The number of hydrogen-bond donors (Lipinski definition) is 0. The van der Waals surface area contributed by atoms with Gasteiger partial charge in [0.25, 0.3) is 0 Å². The zero-order valence-corrected chi connectivity index (χ0v) is 16.4. The molecule has 0 aromatic heterocycles. The number of nitrogens with zero attached hydrogens (tertiary/aromatic N) is 3. The number of piperidine rings is 1. The molecule has 28 heavy (non-hydrogen) atoms.